The molecule has 0 heterocycles. The molecule has 1 N–H and O–H groups in total. The predicted octanol–water partition coefficient (Wildman–Crippen LogP) is 4.08. The van der Waals surface area contributed by atoms with Gasteiger partial charge in [-0.15, -0.1) is 0 Å². The lowest BCUT2D eigenvalue weighted by Crippen LogP contribution is -2.23. The lowest BCUT2D eigenvalue weighted by Gasteiger charge is -2.13. The SMILES string of the molecule is COc1cc(/C=C/C(=O)NCCCOc2ccccc2)ccc1OC(C)C. The fourth-order valence-corrected chi connectivity index (χ4v) is 2.36. The van der Waals surface area contributed by atoms with E-state index in [1.54, 1.807) is 13.2 Å². The van der Waals surface area contributed by atoms with E-state index in [4.69, 9.17) is 14.2 Å². The molecular formula is C22H27NO4. The maximum absolute atomic E-state index is 11.9. The van der Waals surface area contributed by atoms with Gasteiger partial charge in [-0.25, -0.2) is 0 Å². The zero-order valence-electron chi connectivity index (χ0n) is 16.1. The van der Waals surface area contributed by atoms with Crippen molar-refractivity contribution in [1.29, 1.82) is 0 Å². The minimum Gasteiger partial charge on any atom is -0.494 e. The summed E-state index contributed by atoms with van der Waals surface area (Å²) in [6, 6.07) is 15.2. The van der Waals surface area contributed by atoms with Crippen LogP contribution >= 0.6 is 0 Å². The number of amides is 1. The van der Waals surface area contributed by atoms with Crippen molar-refractivity contribution in [3.8, 4) is 17.2 Å². The average molecular weight is 369 g/mol. The molecule has 0 spiro atoms. The lowest BCUT2D eigenvalue weighted by molar-refractivity contribution is -0.116. The van der Waals surface area contributed by atoms with Crippen LogP contribution in [0.3, 0.4) is 0 Å². The molecule has 5 heteroatoms. The maximum atomic E-state index is 11.9. The molecule has 0 fully saturated rings. The van der Waals surface area contributed by atoms with Crippen molar-refractivity contribution in [2.75, 3.05) is 20.3 Å². The minimum atomic E-state index is -0.142. The second-order valence-corrected chi connectivity index (χ2v) is 6.22. The monoisotopic (exact) mass is 369 g/mol. The van der Waals surface area contributed by atoms with Crippen molar-refractivity contribution in [1.82, 2.24) is 5.32 Å². The minimum absolute atomic E-state index is 0.0666. The van der Waals surface area contributed by atoms with Gasteiger partial charge in [0.2, 0.25) is 5.91 Å². The highest BCUT2D eigenvalue weighted by Gasteiger charge is 2.06. The molecule has 0 saturated heterocycles. The quantitative estimate of drug-likeness (QED) is 0.506. The summed E-state index contributed by atoms with van der Waals surface area (Å²) in [5, 5.41) is 2.84. The molecule has 2 rings (SSSR count). The van der Waals surface area contributed by atoms with E-state index in [1.165, 1.54) is 6.08 Å². The van der Waals surface area contributed by atoms with E-state index in [0.717, 1.165) is 17.7 Å². The summed E-state index contributed by atoms with van der Waals surface area (Å²) < 4.78 is 16.6. The van der Waals surface area contributed by atoms with E-state index in [2.05, 4.69) is 5.32 Å². The van der Waals surface area contributed by atoms with Gasteiger partial charge in [0, 0.05) is 12.6 Å². The van der Waals surface area contributed by atoms with Crippen LogP contribution in [0.2, 0.25) is 0 Å². The van der Waals surface area contributed by atoms with E-state index in [1.807, 2.05) is 62.4 Å². The van der Waals surface area contributed by atoms with E-state index in [0.29, 0.717) is 24.7 Å². The van der Waals surface area contributed by atoms with Crippen molar-refractivity contribution in [2.45, 2.75) is 26.4 Å². The van der Waals surface area contributed by atoms with Crippen molar-refractivity contribution in [2.24, 2.45) is 0 Å². The van der Waals surface area contributed by atoms with Gasteiger partial charge >= 0.3 is 0 Å². The summed E-state index contributed by atoms with van der Waals surface area (Å²) >= 11 is 0. The van der Waals surface area contributed by atoms with E-state index in [9.17, 15) is 4.79 Å². The molecule has 0 radical (unpaired) electrons. The Morgan fingerprint density at radius 1 is 1.11 bits per heavy atom. The fraction of sp³-hybridized carbons (Fsp3) is 0.318. The summed E-state index contributed by atoms with van der Waals surface area (Å²) in [5.74, 6) is 2.02. The molecule has 0 atom stereocenters. The van der Waals surface area contributed by atoms with Crippen LogP contribution < -0.4 is 19.5 Å². The standard InChI is InChI=1S/C22H27NO4/c1-17(2)27-20-12-10-18(16-21(20)25-3)11-13-22(24)23-14-7-15-26-19-8-5-4-6-9-19/h4-6,8-13,16-17H,7,14-15H2,1-3H3,(H,23,24)/b13-11+. The van der Waals surface area contributed by atoms with Crippen molar-refractivity contribution in [3.05, 3.63) is 60.2 Å². The number of hydrogen-bond donors (Lipinski definition) is 1. The lowest BCUT2D eigenvalue weighted by atomic mass is 10.2. The molecule has 0 aliphatic heterocycles. The van der Waals surface area contributed by atoms with Crippen molar-refractivity contribution in [3.63, 3.8) is 0 Å². The van der Waals surface area contributed by atoms with Gasteiger partial charge in [-0.2, -0.15) is 0 Å². The Morgan fingerprint density at radius 2 is 1.89 bits per heavy atom. The number of ether oxygens (including phenoxy) is 3. The molecule has 144 valence electrons. The Hall–Kier alpha value is -2.95. The van der Waals surface area contributed by atoms with Crippen LogP contribution in [0, 0.1) is 0 Å². The average Bonchev–Trinajstić information content (AvgIpc) is 2.67. The number of hydrogen-bond acceptors (Lipinski definition) is 4. The number of carbonyl (C=O) groups is 1. The van der Waals surface area contributed by atoms with Crippen LogP contribution in [-0.2, 0) is 4.79 Å². The Balaban J connectivity index is 1.75. The zero-order valence-corrected chi connectivity index (χ0v) is 16.1. The zero-order chi connectivity index (χ0) is 19.5. The molecule has 2 aromatic carbocycles. The molecule has 27 heavy (non-hydrogen) atoms. The van der Waals surface area contributed by atoms with Crippen molar-refractivity contribution >= 4 is 12.0 Å². The molecule has 0 aliphatic carbocycles. The Kier molecular flexibility index (Phi) is 8.23. The van der Waals surface area contributed by atoms with E-state index >= 15 is 0 Å². The first-order valence-corrected chi connectivity index (χ1v) is 9.07. The summed E-state index contributed by atoms with van der Waals surface area (Å²) in [4.78, 5) is 11.9. The van der Waals surface area contributed by atoms with Gasteiger partial charge < -0.3 is 19.5 Å². The number of carbonyl (C=O) groups excluding carboxylic acids is 1. The smallest absolute Gasteiger partial charge is 0.244 e. The van der Waals surface area contributed by atoms with Gasteiger partial charge in [-0.3, -0.25) is 4.79 Å². The number of benzene rings is 2. The molecule has 0 bridgehead atoms. The summed E-state index contributed by atoms with van der Waals surface area (Å²) in [5.41, 5.74) is 0.866. The maximum Gasteiger partial charge on any atom is 0.244 e. The van der Waals surface area contributed by atoms with Gasteiger partial charge in [0.15, 0.2) is 11.5 Å². The first kappa shape index (κ1) is 20.4. The first-order valence-electron chi connectivity index (χ1n) is 9.07. The summed E-state index contributed by atoms with van der Waals surface area (Å²) in [6.45, 7) is 5.04. The molecule has 0 aliphatic rings. The topological polar surface area (TPSA) is 56.8 Å². The number of para-hydroxylation sites is 1. The van der Waals surface area contributed by atoms with Crippen LogP contribution in [0.15, 0.2) is 54.6 Å². The summed E-state index contributed by atoms with van der Waals surface area (Å²) in [7, 11) is 1.60. The predicted molar refractivity (Wildman–Crippen MR) is 107 cm³/mol. The van der Waals surface area contributed by atoms with Gasteiger partial charge in [-0.05, 0) is 56.2 Å². The highest BCUT2D eigenvalue weighted by Crippen LogP contribution is 2.29. The molecule has 0 unspecified atom stereocenters. The fourth-order valence-electron chi connectivity index (χ4n) is 2.36. The second kappa shape index (κ2) is 10.9. The number of nitrogens with one attached hydrogen (secondary N) is 1. The third-order valence-corrected chi connectivity index (χ3v) is 3.61. The third kappa shape index (κ3) is 7.44. The van der Waals surface area contributed by atoms with Crippen LogP contribution in [0.1, 0.15) is 25.8 Å². The first-order chi connectivity index (χ1) is 13.1. The highest BCUT2D eigenvalue weighted by molar-refractivity contribution is 5.91. The highest BCUT2D eigenvalue weighted by atomic mass is 16.5. The molecular weight excluding hydrogens is 342 g/mol. The van der Waals surface area contributed by atoms with Gasteiger partial charge in [0.25, 0.3) is 0 Å². The molecule has 0 aromatic heterocycles. The van der Waals surface area contributed by atoms with Gasteiger partial charge in [-0.1, -0.05) is 24.3 Å². The van der Waals surface area contributed by atoms with Crippen molar-refractivity contribution < 1.29 is 19.0 Å². The van der Waals surface area contributed by atoms with Gasteiger partial charge in [0.05, 0.1) is 19.8 Å². The summed E-state index contributed by atoms with van der Waals surface area (Å²) in [6.07, 6.45) is 4.06. The van der Waals surface area contributed by atoms with Crippen LogP contribution in [-0.4, -0.2) is 32.3 Å². The van der Waals surface area contributed by atoms with E-state index in [-0.39, 0.29) is 12.0 Å². The number of rotatable bonds is 10. The van der Waals surface area contributed by atoms with Gasteiger partial charge in [0.1, 0.15) is 5.75 Å². The second-order valence-electron chi connectivity index (χ2n) is 6.22. The normalized spacial score (nSPS) is 10.8. The molecule has 2 aromatic rings. The van der Waals surface area contributed by atoms with Crippen LogP contribution in [0.4, 0.5) is 0 Å². The largest absolute Gasteiger partial charge is 0.494 e. The Labute approximate surface area is 161 Å². The third-order valence-electron chi connectivity index (χ3n) is 3.61. The van der Waals surface area contributed by atoms with Crippen LogP contribution in [0.5, 0.6) is 17.2 Å². The molecule has 5 nitrogen and oxygen atoms in total. The molecule has 1 amide bonds. The van der Waals surface area contributed by atoms with Crippen LogP contribution in [0.25, 0.3) is 6.08 Å². The Morgan fingerprint density at radius 3 is 2.59 bits per heavy atom. The Bertz CT molecular complexity index is 741. The number of methoxy groups -OCH3 is 1. The van der Waals surface area contributed by atoms with E-state index < -0.39 is 0 Å². The molecule has 0 saturated carbocycles.